The summed E-state index contributed by atoms with van der Waals surface area (Å²) in [5.41, 5.74) is -1.66. The number of carbonyl (C=O) groups is 1. The molecule has 0 radical (unpaired) electrons. The first-order valence-electron chi connectivity index (χ1n) is 19.7. The van der Waals surface area contributed by atoms with Crippen molar-refractivity contribution < 1.29 is 84.3 Å². The van der Waals surface area contributed by atoms with E-state index in [2.05, 4.69) is 13.5 Å². The summed E-state index contributed by atoms with van der Waals surface area (Å²) in [7, 11) is 0. The fourth-order valence-electron chi connectivity index (χ4n) is 12.0. The van der Waals surface area contributed by atoms with Crippen molar-refractivity contribution in [1.82, 2.24) is 0 Å². The number of aliphatic hydroxyl groups excluding tert-OH is 10. The lowest BCUT2D eigenvalue weighted by molar-refractivity contribution is -0.376. The Bertz CT molecular complexity index is 1440. The second kappa shape index (κ2) is 33.6. The zero-order valence-corrected chi connectivity index (χ0v) is 31.6. The fraction of sp³-hybridized carbons (Fsp3) is 0.944. The van der Waals surface area contributed by atoms with Crippen molar-refractivity contribution in [2.75, 3.05) is 13.2 Å². The Balaban J connectivity index is -0.000000291. The number of esters is 1. The van der Waals surface area contributed by atoms with Gasteiger partial charge in [0.25, 0.3) is 0 Å². The van der Waals surface area contributed by atoms with Crippen LogP contribution < -0.4 is 0 Å². The monoisotopic (exact) mass is 1040 g/mol. The lowest BCUT2D eigenvalue weighted by atomic mass is 9.41. The average molecular weight is 1050 g/mol. The number of aliphatic hydroxyl groups is 10. The van der Waals surface area contributed by atoms with Crippen LogP contribution in [0.15, 0.2) is 12.2 Å². The van der Waals surface area contributed by atoms with E-state index >= 15 is 0 Å². The molecule has 1 spiro atoms. The quantitative estimate of drug-likeness (QED) is 0.0622. The van der Waals surface area contributed by atoms with Crippen molar-refractivity contribution in [2.24, 2.45) is 28.1 Å². The van der Waals surface area contributed by atoms with Crippen LogP contribution in [0.2, 0.25) is 0 Å². The van der Waals surface area contributed by atoms with Gasteiger partial charge in [0.15, 0.2) is 12.6 Å². The summed E-state index contributed by atoms with van der Waals surface area (Å²) in [6.07, 6.45) is -16.2. The van der Waals surface area contributed by atoms with Crippen LogP contribution in [0.4, 0.5) is 0 Å². The van der Waals surface area contributed by atoms with Crippen LogP contribution >= 0.6 is 0 Å². The summed E-state index contributed by atoms with van der Waals surface area (Å²) in [4.78, 5) is 14.1. The van der Waals surface area contributed by atoms with E-state index in [-0.39, 0.29) is 141 Å². The first-order valence-corrected chi connectivity index (χ1v) is 19.7. The summed E-state index contributed by atoms with van der Waals surface area (Å²) in [5, 5.41) is 104. The highest BCUT2D eigenvalue weighted by Gasteiger charge is 2.69. The van der Waals surface area contributed by atoms with Crippen molar-refractivity contribution >= 4 is 5.97 Å². The molecule has 17 heteroatoms. The molecule has 71 heavy (non-hydrogen) atoms. The zero-order chi connectivity index (χ0) is 40.0. The Morgan fingerprint density at radius 3 is 1.56 bits per heavy atom. The summed E-state index contributed by atoms with van der Waals surface area (Å²) in [6.45, 7) is 8.81. The van der Waals surface area contributed by atoms with Gasteiger partial charge in [-0.1, -0.05) is 139 Å². The van der Waals surface area contributed by atoms with Crippen LogP contribution in [0.3, 0.4) is 0 Å². The van der Waals surface area contributed by atoms with Crippen LogP contribution in [0, 0.1) is 28.1 Å². The Labute approximate surface area is 437 Å². The topological polar surface area (TPSA) is 275 Å². The van der Waals surface area contributed by atoms with Gasteiger partial charge in [0.05, 0.1) is 30.3 Å². The first kappa shape index (κ1) is 92.2. The number of carbonyl (C=O) groups excluding carboxylic acids is 1. The molecule has 7 fully saturated rings. The second-order valence-electron chi connectivity index (χ2n) is 18.0. The lowest BCUT2D eigenvalue weighted by Crippen LogP contribution is -2.65. The molecule has 10 N–H and O–H groups in total. The molecule has 0 aromatic heterocycles. The van der Waals surface area contributed by atoms with Gasteiger partial charge in [0.1, 0.15) is 67.1 Å². The molecule has 21 atom stereocenters. The third-order valence-electron chi connectivity index (χ3n) is 14.9. The van der Waals surface area contributed by atoms with Crippen molar-refractivity contribution in [2.45, 2.75) is 295 Å². The Hall–Kier alpha value is -1.39. The van der Waals surface area contributed by atoms with Gasteiger partial charge in [0.2, 0.25) is 6.29 Å². The first-order chi connectivity index (χ1) is 25.9. The lowest BCUT2D eigenvalue weighted by Gasteiger charge is -2.64. The molecule has 0 aromatic rings. The van der Waals surface area contributed by atoms with Crippen molar-refractivity contribution in [3.63, 3.8) is 0 Å². The standard InChI is InChI=1S/C38H60O17.16CH4/c1-16-12-37-10-6-20-35(3,8-5-9-36(20,4)34(49)54-32-29(48)26(45)23(42)18(13-39)51-32)21(37)7-11-38(16,15-37)55-33-30(27(46)24(43)19(14-40)52-33)53-31-28(47)25(44)22(41)17(2)50-31;;;;;;;;;;;;;;;;/h17-33,39-48H,1,5-15H2,2-4H3;16*1H4/t17?,18?,19?,20?,21-,22?,23?,24?,25?,26?,27?,28?,29?,30?,31?,32?,33?,35+,36+,37+,38?;;;;;;;;;;;;;;;;/m0................/s1. The largest absolute Gasteiger partial charge is 0.432 e. The maximum absolute atomic E-state index is 14.1. The molecule has 3 heterocycles. The van der Waals surface area contributed by atoms with E-state index in [0.29, 0.717) is 38.5 Å². The van der Waals surface area contributed by atoms with Gasteiger partial charge in [-0.25, -0.2) is 0 Å². The van der Waals surface area contributed by atoms with E-state index in [1.807, 2.05) is 6.92 Å². The Morgan fingerprint density at radius 2 is 1.04 bits per heavy atom. The van der Waals surface area contributed by atoms with Crippen LogP contribution in [0.25, 0.3) is 0 Å². The predicted molar refractivity (Wildman–Crippen MR) is 293 cm³/mol. The molecular formula is C54H124O17. The number of hydrogen-bond donors (Lipinski definition) is 10. The number of hydrogen-bond acceptors (Lipinski definition) is 17. The van der Waals surface area contributed by atoms with Crippen LogP contribution in [-0.4, -0.2) is 168 Å². The van der Waals surface area contributed by atoms with Gasteiger partial charge in [0, 0.05) is 0 Å². The van der Waals surface area contributed by atoms with Gasteiger partial charge in [-0.3, -0.25) is 4.79 Å². The van der Waals surface area contributed by atoms with E-state index in [9.17, 15) is 55.9 Å². The minimum atomic E-state index is -1.70. The number of rotatable bonds is 8. The van der Waals surface area contributed by atoms with Gasteiger partial charge < -0.3 is 79.5 Å². The minimum Gasteiger partial charge on any atom is -0.432 e. The summed E-state index contributed by atoms with van der Waals surface area (Å²) in [6, 6.07) is 0. The van der Waals surface area contributed by atoms with Gasteiger partial charge in [-0.2, -0.15) is 0 Å². The highest BCUT2D eigenvalue weighted by atomic mass is 16.8. The minimum absolute atomic E-state index is 0. The SMILES string of the molecule is C.C.C.C.C.C.C.C.C.C.C.C.C.C.C.C.C=C1C[C@@]23CCC4[C@](C)(C(=O)OC5OC(CO)C(O)C(O)C5O)CCC[C@@]4(C)[C@@H]2CCC1(OC1OC(CO)C(O)C(O)C1OC1OC(C)C(O)C(O)C1O)C3. The van der Waals surface area contributed by atoms with E-state index in [1.54, 1.807) is 0 Å². The summed E-state index contributed by atoms with van der Waals surface area (Å²) in [5.74, 6) is -0.536. The molecule has 2 bridgehead atoms. The molecule has 0 aromatic carbocycles. The van der Waals surface area contributed by atoms with Crippen LogP contribution in [-0.2, 0) is 33.2 Å². The fourth-order valence-corrected chi connectivity index (χ4v) is 12.0. The van der Waals surface area contributed by atoms with Crippen molar-refractivity contribution in [3.8, 4) is 0 Å². The van der Waals surface area contributed by atoms with Crippen LogP contribution in [0.1, 0.15) is 197 Å². The zero-order valence-electron chi connectivity index (χ0n) is 31.6. The van der Waals surface area contributed by atoms with E-state index in [0.717, 1.165) is 24.8 Å². The van der Waals surface area contributed by atoms with E-state index < -0.39 is 122 Å². The van der Waals surface area contributed by atoms with E-state index in [4.69, 9.17) is 28.4 Å². The van der Waals surface area contributed by atoms with Gasteiger partial charge >= 0.3 is 5.97 Å². The molecule has 0 amide bonds. The molecule has 442 valence electrons. The number of fused-ring (bicyclic) bond motifs is 3. The second-order valence-corrected chi connectivity index (χ2v) is 18.0. The highest BCUT2D eigenvalue weighted by molar-refractivity contribution is 5.77. The normalized spacial score (nSPS) is 42.9. The molecule has 3 aliphatic heterocycles. The highest BCUT2D eigenvalue weighted by Crippen LogP contribution is 2.73. The molecule has 7 rings (SSSR count). The third-order valence-corrected chi connectivity index (χ3v) is 14.9. The molecule has 7 aliphatic rings. The maximum Gasteiger partial charge on any atom is 0.314 e. The van der Waals surface area contributed by atoms with Crippen LogP contribution in [0.5, 0.6) is 0 Å². The predicted octanol–water partition coefficient (Wildman–Crippen LogP) is 8.27. The summed E-state index contributed by atoms with van der Waals surface area (Å²) < 4.78 is 35.8. The van der Waals surface area contributed by atoms with Crippen molar-refractivity contribution in [3.05, 3.63) is 12.2 Å². The smallest absolute Gasteiger partial charge is 0.314 e. The maximum atomic E-state index is 14.1. The molecule has 4 saturated carbocycles. The molecular weight excluding hydrogens is 921 g/mol. The van der Waals surface area contributed by atoms with Crippen molar-refractivity contribution in [1.29, 1.82) is 0 Å². The number of ether oxygens (including phenoxy) is 6. The molecule has 3 saturated heterocycles. The molecule has 17 unspecified atom stereocenters. The average Bonchev–Trinajstić information content (AvgIpc) is 3.35. The van der Waals surface area contributed by atoms with Gasteiger partial charge in [-0.05, 0) is 93.5 Å². The Kier molecular flexibility index (Phi) is 43.6. The molecule has 17 nitrogen and oxygen atoms in total. The molecule has 4 aliphatic carbocycles. The summed E-state index contributed by atoms with van der Waals surface area (Å²) >= 11 is 0. The third kappa shape index (κ3) is 15.0. The van der Waals surface area contributed by atoms with E-state index in [1.165, 1.54) is 6.92 Å². The van der Waals surface area contributed by atoms with Gasteiger partial charge in [-0.15, -0.1) is 0 Å². The Morgan fingerprint density at radius 1 is 0.577 bits per heavy atom.